The van der Waals surface area contributed by atoms with Gasteiger partial charge in [0.05, 0.1) is 0 Å². The molecule has 0 fully saturated rings. The van der Waals surface area contributed by atoms with Crippen molar-refractivity contribution in [3.63, 3.8) is 0 Å². The second-order valence-electron chi connectivity index (χ2n) is 27.1. The van der Waals surface area contributed by atoms with Crippen LogP contribution in [-0.2, 0) is 77.1 Å². The second-order valence-corrected chi connectivity index (χ2v) is 41.2. The Hall–Kier alpha value is -6.65. The Labute approximate surface area is 690 Å². The van der Waals surface area contributed by atoms with Crippen LogP contribution in [0.3, 0.4) is 0 Å². The van der Waals surface area contributed by atoms with Gasteiger partial charge in [-0.25, -0.2) is 0 Å². The van der Waals surface area contributed by atoms with Crippen LogP contribution in [0.5, 0.6) is 0 Å². The Morgan fingerprint density at radius 1 is 0.185 bits per heavy atom. The quantitative estimate of drug-likeness (QED) is 0.0301. The van der Waals surface area contributed by atoms with E-state index < -0.39 is 47.5 Å². The molecule has 0 aliphatic heterocycles. The second kappa shape index (κ2) is 45.6. The first-order chi connectivity index (χ1) is 52.1. The summed E-state index contributed by atoms with van der Waals surface area (Å²) in [7, 11) is -3.33. The largest absolute Gasteiger partial charge is 1.00 e. The van der Waals surface area contributed by atoms with Gasteiger partial charge < -0.3 is 25.3 Å². The Morgan fingerprint density at radius 3 is 0.398 bits per heavy atom. The first-order valence-electron chi connectivity index (χ1n) is 36.8. The summed E-state index contributed by atoms with van der Waals surface area (Å²) in [5, 5.41) is 17.6. The van der Waals surface area contributed by atoms with Crippen molar-refractivity contribution in [2.24, 2.45) is 10.8 Å². The molecule has 14 aromatic carbocycles. The molecule has 0 amide bonds. The smallest absolute Gasteiger partial charge is 0.779 e. The van der Waals surface area contributed by atoms with Crippen molar-refractivity contribution in [3.8, 4) is 0 Å². The molecule has 0 unspecified atom stereocenters. The van der Waals surface area contributed by atoms with Crippen molar-refractivity contribution in [1.82, 2.24) is 0 Å². The van der Waals surface area contributed by atoms with E-state index in [1.54, 1.807) is 0 Å². The zero-order valence-electron chi connectivity index (χ0n) is 62.1. The summed E-state index contributed by atoms with van der Waals surface area (Å²) in [6.07, 6.45) is 8.96. The minimum Gasteiger partial charge on any atom is -0.779 e. The van der Waals surface area contributed by atoms with Crippen LogP contribution in [0.2, 0.25) is 0 Å². The molecule has 0 aliphatic carbocycles. The van der Waals surface area contributed by atoms with Crippen LogP contribution in [-0.4, -0.2) is 37.0 Å². The van der Waals surface area contributed by atoms with Gasteiger partial charge in [-0.1, -0.05) is 451 Å². The summed E-state index contributed by atoms with van der Waals surface area (Å²) in [5.74, 6) is 0. The summed E-state index contributed by atoms with van der Waals surface area (Å²) in [6.45, 7) is 9.45. The standard InChI is InChI=1S/2C41H39P3.2C8H10S.2Ru/c2*1-41(32-42(35-20-8-2-9-21-35)36-22-10-3-11-23-36,33-43(37-24-12-4-13-25-37)38-26-14-5-15-27-38)34-44(39-28-16-6-17-29-39)40-30-18-7-19-31-40;2*1-2-7-5-3-4-6-8(7)9;;/h2*2-31H,32-34H2,1H3;2*3-6,9H,2H2,1H3;;/q;;;;2*+1/p-2. The average molecular weight is 1730 g/mol. The molecule has 546 valence electrons. The SMILES string of the molecule is CC(CP(c1ccccc1)c1ccccc1)(CP(c1ccccc1)c1ccccc1)CP(c1ccccc1)c1ccccc1.CC(CP(c1ccccc1)c1ccccc1)(CP(c1ccccc1)c1ccccc1)CP(c1ccccc1)c1ccccc1.CCc1ccccc1[S-].CCc1ccccc1[S-].[Ru+].[Ru+]. The van der Waals surface area contributed by atoms with E-state index in [9.17, 15) is 0 Å². The summed E-state index contributed by atoms with van der Waals surface area (Å²) >= 11 is 10.1. The molecule has 10 heteroatoms. The van der Waals surface area contributed by atoms with Gasteiger partial charge >= 0.3 is 39.0 Å². The zero-order chi connectivity index (χ0) is 73.4. The predicted molar refractivity (Wildman–Crippen MR) is 483 cm³/mol. The summed E-state index contributed by atoms with van der Waals surface area (Å²) in [6, 6.07) is 152. The first-order valence-corrected chi connectivity index (χ1v) is 46.8. The minimum atomic E-state index is -0.555. The molecule has 0 nitrogen and oxygen atoms in total. The fourth-order valence-corrected chi connectivity index (χ4v) is 31.4. The van der Waals surface area contributed by atoms with Gasteiger partial charge in [0.25, 0.3) is 0 Å². The molecule has 2 radical (unpaired) electrons. The van der Waals surface area contributed by atoms with Crippen LogP contribution in [0, 0.1) is 10.8 Å². The molecule has 14 rings (SSSR count). The third-order valence-corrected chi connectivity index (χ3v) is 37.1. The average Bonchev–Trinajstić information content (AvgIpc) is 0.791. The molecule has 0 aromatic heterocycles. The minimum absolute atomic E-state index is 0. The molecule has 0 saturated carbocycles. The van der Waals surface area contributed by atoms with E-state index >= 15 is 0 Å². The number of benzene rings is 14. The van der Waals surface area contributed by atoms with Crippen molar-refractivity contribution in [3.05, 3.63) is 424 Å². The molecule has 0 saturated heterocycles. The van der Waals surface area contributed by atoms with E-state index in [1.807, 2.05) is 36.4 Å². The van der Waals surface area contributed by atoms with Gasteiger partial charge in [-0.3, -0.25) is 0 Å². The molecule has 14 aromatic rings. The van der Waals surface area contributed by atoms with Gasteiger partial charge in [-0.15, -0.1) is 0 Å². The monoisotopic (exact) mass is 1730 g/mol. The molecule has 0 bridgehead atoms. The molecule has 0 aliphatic rings. The van der Waals surface area contributed by atoms with Crippen LogP contribution in [0.1, 0.15) is 38.8 Å². The Bertz CT molecular complexity index is 3790. The van der Waals surface area contributed by atoms with Crippen LogP contribution in [0.15, 0.2) is 422 Å². The molecule has 0 atom stereocenters. The number of rotatable bonds is 26. The van der Waals surface area contributed by atoms with Gasteiger partial charge in [0.15, 0.2) is 0 Å². The van der Waals surface area contributed by atoms with Crippen LogP contribution < -0.4 is 63.7 Å². The van der Waals surface area contributed by atoms with Crippen molar-refractivity contribution < 1.29 is 39.0 Å². The topological polar surface area (TPSA) is 0 Å². The normalized spacial score (nSPS) is 11.1. The van der Waals surface area contributed by atoms with Crippen LogP contribution >= 0.6 is 47.5 Å². The van der Waals surface area contributed by atoms with Crippen molar-refractivity contribution >= 4 is 136 Å². The first kappa shape index (κ1) is 85.4. The maximum atomic E-state index is 5.05. The van der Waals surface area contributed by atoms with E-state index in [0.717, 1.165) is 59.6 Å². The van der Waals surface area contributed by atoms with Crippen molar-refractivity contribution in [2.45, 2.75) is 50.3 Å². The van der Waals surface area contributed by atoms with Gasteiger partial charge in [0.2, 0.25) is 0 Å². The Morgan fingerprint density at radius 2 is 0.296 bits per heavy atom. The van der Waals surface area contributed by atoms with E-state index in [1.165, 1.54) is 74.8 Å². The molecule has 108 heavy (non-hydrogen) atoms. The molecular formula is C98H96P6Ru2S2. The Kier molecular flexibility index (Phi) is 36.1. The molecule has 0 spiro atoms. The summed E-state index contributed by atoms with van der Waals surface area (Å²) in [4.78, 5) is 1.97. The van der Waals surface area contributed by atoms with Gasteiger partial charge in [-0.05, 0) is 172 Å². The molecule has 0 heterocycles. The van der Waals surface area contributed by atoms with E-state index in [4.69, 9.17) is 25.3 Å². The van der Waals surface area contributed by atoms with Crippen molar-refractivity contribution in [1.29, 1.82) is 0 Å². The van der Waals surface area contributed by atoms with E-state index in [-0.39, 0.29) is 49.8 Å². The maximum absolute atomic E-state index is 5.05. The third-order valence-electron chi connectivity index (χ3n) is 18.8. The molecular weight excluding hydrogens is 1630 g/mol. The summed E-state index contributed by atoms with van der Waals surface area (Å²) in [5.41, 5.74) is 2.69. The van der Waals surface area contributed by atoms with Gasteiger partial charge in [0.1, 0.15) is 0 Å². The van der Waals surface area contributed by atoms with E-state index in [2.05, 4.69) is 404 Å². The maximum Gasteiger partial charge on any atom is 1.00 e. The number of hydrogen-bond donors (Lipinski definition) is 0. The van der Waals surface area contributed by atoms with Gasteiger partial charge in [-0.2, -0.15) is 9.79 Å². The number of hydrogen-bond acceptors (Lipinski definition) is 2. The van der Waals surface area contributed by atoms with Crippen LogP contribution in [0.25, 0.3) is 0 Å². The third kappa shape index (κ3) is 25.7. The molecule has 0 N–H and O–H groups in total. The van der Waals surface area contributed by atoms with Crippen LogP contribution in [0.4, 0.5) is 0 Å². The van der Waals surface area contributed by atoms with Gasteiger partial charge in [0, 0.05) is 0 Å². The summed E-state index contributed by atoms with van der Waals surface area (Å²) < 4.78 is 0. The number of aryl methyl sites for hydroxylation is 2. The fraction of sp³-hybridized carbons (Fsp3) is 0.143. The predicted octanol–water partition coefficient (Wildman–Crippen LogP) is 21.1. The fourth-order valence-electron chi connectivity index (χ4n) is 13.5. The van der Waals surface area contributed by atoms with E-state index in [0.29, 0.717) is 0 Å². The zero-order valence-corrected chi connectivity index (χ0v) is 72.6. The Balaban J connectivity index is 0.000000199. The van der Waals surface area contributed by atoms with Crippen molar-refractivity contribution in [2.75, 3.05) is 37.0 Å².